The highest BCUT2D eigenvalue weighted by Gasteiger charge is 2.40. The van der Waals surface area contributed by atoms with Gasteiger partial charge < -0.3 is 0 Å². The summed E-state index contributed by atoms with van der Waals surface area (Å²) in [5.74, 6) is 0. The summed E-state index contributed by atoms with van der Waals surface area (Å²) < 4.78 is 21.6. The highest BCUT2D eigenvalue weighted by Crippen LogP contribution is 2.50. The van der Waals surface area contributed by atoms with Crippen LogP contribution < -0.4 is 0 Å². The first kappa shape index (κ1) is 14.0. The second kappa shape index (κ2) is 4.67. The molecule has 1 aliphatic heterocycles. The maximum absolute atomic E-state index is 14.8. The molecule has 1 aliphatic carbocycles. The maximum Gasteiger partial charge on any atom is 0.130 e. The Morgan fingerprint density at radius 1 is 1.05 bits per heavy atom. The molecule has 1 atom stereocenters. The van der Waals surface area contributed by atoms with E-state index in [1.807, 2.05) is 31.3 Å². The number of rotatable bonds is 1. The fourth-order valence-electron chi connectivity index (χ4n) is 3.45. The zero-order chi connectivity index (χ0) is 15.5. The summed E-state index contributed by atoms with van der Waals surface area (Å²) in [7, 11) is 2.02. The van der Waals surface area contributed by atoms with Crippen molar-refractivity contribution in [1.82, 2.24) is 4.31 Å². The molecule has 2 aliphatic rings. The van der Waals surface area contributed by atoms with Crippen molar-refractivity contribution in [2.24, 2.45) is 4.40 Å². The van der Waals surface area contributed by atoms with Crippen LogP contribution in [-0.2, 0) is 5.67 Å². The van der Waals surface area contributed by atoms with E-state index in [0.29, 0.717) is 0 Å². The van der Waals surface area contributed by atoms with Crippen LogP contribution in [0.3, 0.4) is 0 Å². The molecule has 2 aromatic carbocycles. The molecule has 22 heavy (non-hydrogen) atoms. The molecular weight excluding hydrogens is 295 g/mol. The van der Waals surface area contributed by atoms with E-state index in [1.165, 1.54) is 12.1 Å². The Kier molecular flexibility index (Phi) is 2.97. The third-order valence-corrected chi connectivity index (χ3v) is 5.15. The van der Waals surface area contributed by atoms with Crippen LogP contribution in [0.1, 0.15) is 36.6 Å². The number of fused-ring (bicyclic) bond motifs is 6. The van der Waals surface area contributed by atoms with Gasteiger partial charge in [-0.05, 0) is 36.1 Å². The molecule has 0 aromatic heterocycles. The monoisotopic (exact) mass is 312 g/mol. The number of hydrogen-bond donors (Lipinski definition) is 0. The number of likely N-dealkylation sites (N-methyl/N-ethyl adjacent to an activating group) is 1. The Morgan fingerprint density at radius 2 is 1.73 bits per heavy atom. The summed E-state index contributed by atoms with van der Waals surface area (Å²) in [4.78, 5) is 0. The predicted molar refractivity (Wildman–Crippen MR) is 90.6 cm³/mol. The normalized spacial score (nSPS) is 20.2. The lowest BCUT2D eigenvalue weighted by atomic mass is 9.76. The van der Waals surface area contributed by atoms with Gasteiger partial charge >= 0.3 is 0 Å². The first-order valence-corrected chi connectivity index (χ1v) is 8.11. The average molecular weight is 312 g/mol. The quantitative estimate of drug-likeness (QED) is 0.695. The first-order valence-electron chi connectivity index (χ1n) is 7.38. The molecule has 0 spiro atoms. The van der Waals surface area contributed by atoms with Crippen molar-refractivity contribution in [3.05, 3.63) is 59.2 Å². The van der Waals surface area contributed by atoms with E-state index in [2.05, 4.69) is 26.9 Å². The second-order valence-corrected chi connectivity index (χ2v) is 7.21. The van der Waals surface area contributed by atoms with Crippen molar-refractivity contribution < 1.29 is 4.39 Å². The van der Waals surface area contributed by atoms with Crippen LogP contribution in [0.5, 0.6) is 0 Å². The maximum atomic E-state index is 14.8. The van der Waals surface area contributed by atoms with Crippen LogP contribution in [0.25, 0.3) is 11.1 Å². The zero-order valence-electron chi connectivity index (χ0n) is 12.8. The van der Waals surface area contributed by atoms with Gasteiger partial charge in [-0.25, -0.2) is 13.1 Å². The molecule has 0 fully saturated rings. The summed E-state index contributed by atoms with van der Waals surface area (Å²) in [6.07, 6.45) is 0. The topological polar surface area (TPSA) is 15.6 Å². The van der Waals surface area contributed by atoms with Gasteiger partial charge in [-0.2, -0.15) is 0 Å². The van der Waals surface area contributed by atoms with Crippen LogP contribution in [0, 0.1) is 0 Å². The van der Waals surface area contributed by atoms with E-state index in [4.69, 9.17) is 0 Å². The third-order valence-electron chi connectivity index (χ3n) is 4.40. The first-order chi connectivity index (χ1) is 10.5. The minimum atomic E-state index is -1.38. The van der Waals surface area contributed by atoms with Crippen molar-refractivity contribution in [2.75, 3.05) is 7.05 Å². The molecule has 0 saturated heterocycles. The Balaban J connectivity index is 2.09. The van der Waals surface area contributed by atoms with E-state index in [0.717, 1.165) is 33.5 Å². The summed E-state index contributed by atoms with van der Waals surface area (Å²) in [5.41, 5.74) is 4.90. The molecule has 0 bridgehead atoms. The van der Waals surface area contributed by atoms with E-state index >= 15 is 0 Å². The lowest BCUT2D eigenvalue weighted by molar-refractivity contribution is 0.218. The van der Waals surface area contributed by atoms with Gasteiger partial charge in [0.25, 0.3) is 0 Å². The molecule has 4 rings (SSSR count). The van der Waals surface area contributed by atoms with Gasteiger partial charge in [0.15, 0.2) is 0 Å². The smallest absolute Gasteiger partial charge is 0.130 e. The molecule has 2 aromatic rings. The Bertz CT molecular complexity index is 792. The molecule has 2 nitrogen and oxygen atoms in total. The highest BCUT2D eigenvalue weighted by molar-refractivity contribution is 7.96. The lowest BCUT2D eigenvalue weighted by Gasteiger charge is -2.33. The number of benzene rings is 2. The van der Waals surface area contributed by atoms with Crippen molar-refractivity contribution in [3.8, 4) is 11.1 Å². The summed E-state index contributed by atoms with van der Waals surface area (Å²) >= 11 is 1.45. The Hall–Kier alpha value is -1.65. The van der Waals surface area contributed by atoms with Crippen LogP contribution in [0.2, 0.25) is 0 Å². The van der Waals surface area contributed by atoms with Crippen molar-refractivity contribution in [3.63, 3.8) is 0 Å². The van der Waals surface area contributed by atoms with Gasteiger partial charge in [0, 0.05) is 12.6 Å². The fraction of sp³-hybridized carbons (Fsp3) is 0.278. The van der Waals surface area contributed by atoms with Crippen molar-refractivity contribution in [2.45, 2.75) is 25.6 Å². The molecule has 0 amide bonds. The predicted octanol–water partition coefficient (Wildman–Crippen LogP) is 4.91. The Morgan fingerprint density at radius 3 is 2.45 bits per heavy atom. The number of halogens is 1. The van der Waals surface area contributed by atoms with Gasteiger partial charge in [0.05, 0.1) is 23.9 Å². The fourth-order valence-corrected chi connectivity index (χ4v) is 4.16. The second-order valence-electron chi connectivity index (χ2n) is 6.29. The van der Waals surface area contributed by atoms with Crippen molar-refractivity contribution in [1.29, 1.82) is 0 Å². The van der Waals surface area contributed by atoms with E-state index in [9.17, 15) is 4.39 Å². The van der Waals surface area contributed by atoms with Crippen LogP contribution in [-0.4, -0.2) is 17.1 Å². The molecule has 1 heterocycles. The lowest BCUT2D eigenvalue weighted by Crippen LogP contribution is -2.29. The minimum Gasteiger partial charge on any atom is -0.239 e. The summed E-state index contributed by atoms with van der Waals surface area (Å²) in [5, 5.41) is 0. The highest BCUT2D eigenvalue weighted by atomic mass is 32.2. The molecule has 112 valence electrons. The van der Waals surface area contributed by atoms with E-state index in [1.54, 1.807) is 13.8 Å². The van der Waals surface area contributed by atoms with Gasteiger partial charge in [-0.1, -0.05) is 42.5 Å². The molecule has 0 N–H and O–H groups in total. The van der Waals surface area contributed by atoms with Crippen LogP contribution >= 0.6 is 12.1 Å². The minimum absolute atomic E-state index is 0.0149. The molecule has 1 unspecified atom stereocenters. The summed E-state index contributed by atoms with van der Waals surface area (Å²) in [6, 6.07) is 14.2. The largest absolute Gasteiger partial charge is 0.239 e. The van der Waals surface area contributed by atoms with Crippen molar-refractivity contribution >= 4 is 17.8 Å². The number of nitrogens with zero attached hydrogens (tertiary/aromatic N) is 2. The zero-order valence-corrected chi connectivity index (χ0v) is 13.6. The van der Waals surface area contributed by atoms with Gasteiger partial charge in [-0.3, -0.25) is 0 Å². The van der Waals surface area contributed by atoms with E-state index < -0.39 is 5.67 Å². The molecular formula is C18H17FN2S. The third kappa shape index (κ3) is 1.87. The molecule has 0 radical (unpaired) electrons. The SMILES string of the molecule is CN1SN=C2c3ccccc3-c3cccc(C(C)(C)F)c3C21. The van der Waals surface area contributed by atoms with Crippen LogP contribution in [0.15, 0.2) is 46.9 Å². The van der Waals surface area contributed by atoms with Gasteiger partial charge in [0.1, 0.15) is 5.67 Å². The van der Waals surface area contributed by atoms with E-state index in [-0.39, 0.29) is 6.04 Å². The average Bonchev–Trinajstić information content (AvgIpc) is 2.88. The molecule has 4 heteroatoms. The Labute approximate surface area is 134 Å². The van der Waals surface area contributed by atoms with Crippen LogP contribution in [0.4, 0.5) is 4.39 Å². The number of alkyl halides is 1. The van der Waals surface area contributed by atoms with Gasteiger partial charge in [-0.15, -0.1) is 0 Å². The summed E-state index contributed by atoms with van der Waals surface area (Å²) in [6.45, 7) is 3.25. The number of hydrogen-bond acceptors (Lipinski definition) is 3. The molecule has 0 saturated carbocycles. The standard InChI is InChI=1S/C18H17FN2S/c1-18(2,19)14-10-6-9-12-11-7-4-5-8-13(11)16-17(15(12)14)21(3)22-20-16/h4-10,17H,1-3H3. The van der Waals surface area contributed by atoms with Gasteiger partial charge in [0.2, 0.25) is 0 Å².